The van der Waals surface area contributed by atoms with E-state index in [1.54, 1.807) is 12.1 Å². The Balaban J connectivity index is 1.84. The third-order valence-corrected chi connectivity index (χ3v) is 7.26. The van der Waals surface area contributed by atoms with Crippen molar-refractivity contribution in [3.05, 3.63) is 75.8 Å². The van der Waals surface area contributed by atoms with Crippen molar-refractivity contribution in [3.8, 4) is 16.9 Å². The van der Waals surface area contributed by atoms with Gasteiger partial charge in [0, 0.05) is 30.3 Å². The van der Waals surface area contributed by atoms with Crippen LogP contribution in [-0.4, -0.2) is 26.3 Å². The maximum atomic E-state index is 14.8. The van der Waals surface area contributed by atoms with E-state index in [1.165, 1.54) is 18.1 Å². The summed E-state index contributed by atoms with van der Waals surface area (Å²) in [7, 11) is -3.23. The van der Waals surface area contributed by atoms with Gasteiger partial charge in [-0.2, -0.15) is 0 Å². The fourth-order valence-electron chi connectivity index (χ4n) is 4.12. The van der Waals surface area contributed by atoms with Crippen LogP contribution >= 0.6 is 11.6 Å². The molecule has 3 aromatic carbocycles. The molecule has 0 spiro atoms. The lowest BCUT2D eigenvalue weighted by Crippen LogP contribution is -2.26. The summed E-state index contributed by atoms with van der Waals surface area (Å²) in [6.45, 7) is 0.428. The van der Waals surface area contributed by atoms with Crippen LogP contribution in [0.4, 0.5) is 14.5 Å². The molecular weight excluding hydrogens is 462 g/mol. The summed E-state index contributed by atoms with van der Waals surface area (Å²) in [6, 6.07) is 9.40. The lowest BCUT2D eigenvalue weighted by molar-refractivity contribution is 0.0751. The number of halogens is 3. The molecule has 6 nitrogen and oxygen atoms in total. The van der Waals surface area contributed by atoms with Gasteiger partial charge in [0.2, 0.25) is 0 Å². The summed E-state index contributed by atoms with van der Waals surface area (Å²) in [5, 5.41) is -0.0914. The average molecular weight is 477 g/mol. The largest absolute Gasteiger partial charge is 0.494 e. The van der Waals surface area contributed by atoms with Gasteiger partial charge >= 0.3 is 0 Å². The van der Waals surface area contributed by atoms with Crippen LogP contribution in [0, 0.1) is 11.6 Å². The van der Waals surface area contributed by atoms with Gasteiger partial charge in [0.15, 0.2) is 5.75 Å². The molecule has 10 heteroatoms. The molecule has 0 unspecified atom stereocenters. The van der Waals surface area contributed by atoms with Gasteiger partial charge in [0.1, 0.15) is 16.5 Å². The van der Waals surface area contributed by atoms with E-state index in [0.717, 1.165) is 17.7 Å². The van der Waals surface area contributed by atoms with Crippen LogP contribution in [0.25, 0.3) is 11.1 Å². The number of amides is 1. The first-order valence-corrected chi connectivity index (χ1v) is 11.4. The molecule has 3 aromatic rings. The zero-order valence-electron chi connectivity index (χ0n) is 16.6. The van der Waals surface area contributed by atoms with Gasteiger partial charge in [-0.3, -0.25) is 9.52 Å². The molecular formula is C22H15ClF2N2O4S. The van der Waals surface area contributed by atoms with Crippen molar-refractivity contribution in [2.75, 3.05) is 11.8 Å². The minimum Gasteiger partial charge on any atom is -0.494 e. The van der Waals surface area contributed by atoms with Crippen LogP contribution < -0.4 is 9.46 Å². The molecule has 0 saturated heterocycles. The van der Waals surface area contributed by atoms with E-state index in [-0.39, 0.29) is 35.0 Å². The third-order valence-electron chi connectivity index (χ3n) is 5.61. The quantitative estimate of drug-likeness (QED) is 0.558. The Hall–Kier alpha value is -3.17. The summed E-state index contributed by atoms with van der Waals surface area (Å²) >= 11 is 6.23. The number of nitrogens with one attached hydrogen (secondary N) is 1. The van der Waals surface area contributed by atoms with E-state index in [0.29, 0.717) is 17.2 Å². The van der Waals surface area contributed by atoms with Crippen molar-refractivity contribution in [2.24, 2.45) is 0 Å². The summed E-state index contributed by atoms with van der Waals surface area (Å²) in [6.07, 6.45) is 0. The highest BCUT2D eigenvalue weighted by Gasteiger charge is 2.32. The molecule has 6 bridgehead atoms. The van der Waals surface area contributed by atoms with Gasteiger partial charge in [0.05, 0.1) is 17.8 Å². The summed E-state index contributed by atoms with van der Waals surface area (Å²) in [5.74, 6) is -2.58. The Morgan fingerprint density at radius 2 is 1.84 bits per heavy atom. The minimum absolute atomic E-state index is 0.0196. The number of hydrogen-bond donors (Lipinski definition) is 1. The van der Waals surface area contributed by atoms with Crippen LogP contribution in [0.2, 0.25) is 5.02 Å². The van der Waals surface area contributed by atoms with E-state index >= 15 is 0 Å². The number of fused-ring (bicyclic) bond motifs is 6. The average Bonchev–Trinajstić information content (AvgIpc) is 3.18. The lowest BCUT2D eigenvalue weighted by Gasteiger charge is -2.18. The molecule has 1 N–H and O–H groups in total. The number of benzene rings is 3. The molecule has 1 amide bonds. The molecule has 5 rings (SSSR count). The van der Waals surface area contributed by atoms with E-state index in [1.807, 2.05) is 6.07 Å². The fraction of sp³-hybridized carbons (Fsp3) is 0.136. The molecule has 0 saturated carbocycles. The minimum atomic E-state index is -4.45. The number of methoxy groups -OCH3 is 1. The van der Waals surface area contributed by atoms with Crippen LogP contribution in [0.5, 0.6) is 5.75 Å². The molecule has 0 aliphatic carbocycles. The molecule has 2 aliphatic heterocycles. The van der Waals surface area contributed by atoms with Gasteiger partial charge in [-0.25, -0.2) is 17.2 Å². The second-order valence-corrected chi connectivity index (χ2v) is 9.57. The molecule has 164 valence electrons. The lowest BCUT2D eigenvalue weighted by atomic mass is 9.96. The number of hydrogen-bond acceptors (Lipinski definition) is 4. The zero-order valence-corrected chi connectivity index (χ0v) is 18.2. The van der Waals surface area contributed by atoms with Crippen molar-refractivity contribution in [3.63, 3.8) is 0 Å². The van der Waals surface area contributed by atoms with E-state index in [4.69, 9.17) is 16.3 Å². The standard InChI is InChI=1S/C22H15ClF2N2O4S/c1-31-21-16(23)5-12-6-20(21)32(29,30)26-19-7-14(17(24)8-18(19)25)13-4-2-3-11-9-27(22(12)28)10-15(11)13/h2-8,26H,9-10H2,1H3. The Morgan fingerprint density at radius 1 is 1.06 bits per heavy atom. The number of rotatable bonds is 1. The van der Waals surface area contributed by atoms with Gasteiger partial charge in [0.25, 0.3) is 15.9 Å². The highest BCUT2D eigenvalue weighted by atomic mass is 35.5. The van der Waals surface area contributed by atoms with Gasteiger partial charge in [-0.15, -0.1) is 0 Å². The first kappa shape index (κ1) is 20.7. The normalized spacial score (nSPS) is 16.0. The number of anilines is 1. The topological polar surface area (TPSA) is 75.7 Å². The summed E-state index contributed by atoms with van der Waals surface area (Å²) in [4.78, 5) is 14.3. The summed E-state index contributed by atoms with van der Waals surface area (Å²) < 4.78 is 63.0. The van der Waals surface area contributed by atoms with E-state index in [9.17, 15) is 22.0 Å². The second-order valence-electron chi connectivity index (χ2n) is 7.51. The van der Waals surface area contributed by atoms with Crippen molar-refractivity contribution in [1.82, 2.24) is 4.90 Å². The zero-order chi connectivity index (χ0) is 22.8. The highest BCUT2D eigenvalue weighted by Crippen LogP contribution is 2.40. The number of sulfonamides is 1. The van der Waals surface area contributed by atoms with Gasteiger partial charge in [-0.05, 0) is 34.9 Å². The predicted octanol–water partition coefficient (Wildman–Crippen LogP) is 4.56. The van der Waals surface area contributed by atoms with Gasteiger partial charge < -0.3 is 9.64 Å². The van der Waals surface area contributed by atoms with Crippen molar-refractivity contribution < 1.29 is 26.7 Å². The SMILES string of the molecule is COc1c(Cl)cc2cc1S(=O)(=O)Nc1cc(c(F)cc1F)-c1cccc3c1CN(C3)C2=O. The Bertz CT molecular complexity index is 1430. The predicted molar refractivity (Wildman–Crippen MR) is 114 cm³/mol. The Labute approximate surface area is 187 Å². The van der Waals surface area contributed by atoms with Crippen molar-refractivity contribution in [2.45, 2.75) is 18.0 Å². The van der Waals surface area contributed by atoms with Gasteiger partial charge in [-0.1, -0.05) is 29.8 Å². The van der Waals surface area contributed by atoms with Crippen LogP contribution in [0.3, 0.4) is 0 Å². The number of nitrogens with zero attached hydrogens (tertiary/aromatic N) is 1. The first-order valence-electron chi connectivity index (χ1n) is 9.49. The second kappa shape index (κ2) is 7.18. The maximum Gasteiger partial charge on any atom is 0.265 e. The molecule has 32 heavy (non-hydrogen) atoms. The smallest absolute Gasteiger partial charge is 0.265 e. The van der Waals surface area contributed by atoms with E-state index in [2.05, 4.69) is 4.72 Å². The Kier molecular flexibility index (Phi) is 4.65. The van der Waals surface area contributed by atoms with Crippen LogP contribution in [0.15, 0.2) is 47.4 Å². The molecule has 0 fully saturated rings. The fourth-order valence-corrected chi connectivity index (χ4v) is 5.75. The number of carbonyl (C=O) groups is 1. The molecule has 2 aliphatic rings. The molecule has 0 aromatic heterocycles. The van der Waals surface area contributed by atoms with Crippen molar-refractivity contribution in [1.29, 1.82) is 0 Å². The third kappa shape index (κ3) is 3.11. The number of carbonyl (C=O) groups excluding carboxylic acids is 1. The van der Waals surface area contributed by atoms with E-state index < -0.39 is 38.1 Å². The number of ether oxygens (including phenoxy) is 1. The van der Waals surface area contributed by atoms with Crippen molar-refractivity contribution >= 4 is 33.2 Å². The monoisotopic (exact) mass is 476 g/mol. The molecule has 0 radical (unpaired) electrons. The maximum absolute atomic E-state index is 14.8. The molecule has 2 heterocycles. The van der Waals surface area contributed by atoms with Crippen LogP contribution in [0.1, 0.15) is 21.5 Å². The summed E-state index contributed by atoms with van der Waals surface area (Å²) in [5.41, 5.74) is 1.59. The molecule has 0 atom stereocenters. The highest BCUT2D eigenvalue weighted by molar-refractivity contribution is 7.92. The Morgan fingerprint density at radius 3 is 2.59 bits per heavy atom. The van der Waals surface area contributed by atoms with Crippen LogP contribution in [-0.2, 0) is 23.1 Å². The first-order chi connectivity index (χ1) is 15.2.